The van der Waals surface area contributed by atoms with Crippen LogP contribution in [0, 0.1) is 11.8 Å². The number of ether oxygens (including phenoxy) is 2. The van der Waals surface area contributed by atoms with Gasteiger partial charge in [0.15, 0.2) is 0 Å². The van der Waals surface area contributed by atoms with Gasteiger partial charge in [-0.1, -0.05) is 0 Å². The molecule has 2 saturated heterocycles. The molecule has 0 aliphatic carbocycles. The van der Waals surface area contributed by atoms with E-state index in [1.165, 1.54) is 0 Å². The van der Waals surface area contributed by atoms with Crippen LogP contribution in [0.1, 0.15) is 0 Å². The van der Waals surface area contributed by atoms with Gasteiger partial charge in [0.2, 0.25) is 0 Å². The summed E-state index contributed by atoms with van der Waals surface area (Å²) in [5.74, 6) is 1.46. The van der Waals surface area contributed by atoms with E-state index in [0.29, 0.717) is 0 Å². The van der Waals surface area contributed by atoms with Crippen molar-refractivity contribution >= 4 is 0 Å². The zero-order valence-electron chi connectivity index (χ0n) is 4.80. The van der Waals surface area contributed by atoms with Crippen LogP contribution in [-0.2, 0) is 9.47 Å². The van der Waals surface area contributed by atoms with Gasteiger partial charge >= 0.3 is 0 Å². The van der Waals surface area contributed by atoms with Gasteiger partial charge in [0.1, 0.15) is 0 Å². The standard InChI is InChI=1S/C6H10O2/c1-5-2-8-4-6(5)3-7-1/h5-6H,1-4H2/t5-,6+. The summed E-state index contributed by atoms with van der Waals surface area (Å²) in [6, 6.07) is 0. The average Bonchev–Trinajstić information content (AvgIpc) is 2.15. The van der Waals surface area contributed by atoms with Gasteiger partial charge in [0, 0.05) is 11.8 Å². The Morgan fingerprint density at radius 2 is 1.12 bits per heavy atom. The maximum atomic E-state index is 5.23. The Labute approximate surface area is 48.8 Å². The van der Waals surface area contributed by atoms with Crippen LogP contribution in [0.25, 0.3) is 0 Å². The van der Waals surface area contributed by atoms with Gasteiger partial charge in [-0.3, -0.25) is 0 Å². The van der Waals surface area contributed by atoms with Crippen molar-refractivity contribution in [1.82, 2.24) is 0 Å². The molecule has 0 aromatic rings. The predicted octanol–water partition coefficient (Wildman–Crippen LogP) is 0.279. The first kappa shape index (κ1) is 4.77. The molecule has 0 saturated carbocycles. The SMILES string of the molecule is C1OC[C@H]2COC[C@@H]12. The Bertz CT molecular complexity index is 72.5. The van der Waals surface area contributed by atoms with Crippen molar-refractivity contribution in [2.24, 2.45) is 11.8 Å². The number of hydrogen-bond donors (Lipinski definition) is 0. The van der Waals surface area contributed by atoms with E-state index in [4.69, 9.17) is 9.47 Å². The molecule has 8 heavy (non-hydrogen) atoms. The summed E-state index contributed by atoms with van der Waals surface area (Å²) in [5.41, 5.74) is 0. The van der Waals surface area contributed by atoms with Crippen molar-refractivity contribution in [3.63, 3.8) is 0 Å². The van der Waals surface area contributed by atoms with E-state index < -0.39 is 0 Å². The van der Waals surface area contributed by atoms with E-state index in [9.17, 15) is 0 Å². The molecule has 2 nitrogen and oxygen atoms in total. The predicted molar refractivity (Wildman–Crippen MR) is 28.6 cm³/mol. The summed E-state index contributed by atoms with van der Waals surface area (Å²) in [7, 11) is 0. The summed E-state index contributed by atoms with van der Waals surface area (Å²) in [6.45, 7) is 3.74. The average molecular weight is 114 g/mol. The van der Waals surface area contributed by atoms with Crippen LogP contribution in [0.2, 0.25) is 0 Å². The maximum Gasteiger partial charge on any atom is 0.0520 e. The molecule has 0 aromatic carbocycles. The first-order valence-electron chi connectivity index (χ1n) is 3.12. The van der Waals surface area contributed by atoms with E-state index in [0.717, 1.165) is 38.3 Å². The van der Waals surface area contributed by atoms with Gasteiger partial charge in [0.05, 0.1) is 26.4 Å². The van der Waals surface area contributed by atoms with Gasteiger partial charge in [-0.15, -0.1) is 0 Å². The maximum absolute atomic E-state index is 5.23. The summed E-state index contributed by atoms with van der Waals surface area (Å²) in [5, 5.41) is 0. The van der Waals surface area contributed by atoms with Crippen molar-refractivity contribution < 1.29 is 9.47 Å². The summed E-state index contributed by atoms with van der Waals surface area (Å²) >= 11 is 0. The molecule has 2 aliphatic rings. The monoisotopic (exact) mass is 114 g/mol. The van der Waals surface area contributed by atoms with Gasteiger partial charge in [-0.2, -0.15) is 0 Å². The van der Waals surface area contributed by atoms with Crippen LogP contribution in [0.3, 0.4) is 0 Å². The second kappa shape index (κ2) is 1.71. The van der Waals surface area contributed by atoms with Crippen molar-refractivity contribution in [3.8, 4) is 0 Å². The third kappa shape index (κ3) is 0.565. The summed E-state index contributed by atoms with van der Waals surface area (Å²) in [4.78, 5) is 0. The molecule has 0 aromatic heterocycles. The molecular formula is C6H10O2. The van der Waals surface area contributed by atoms with E-state index >= 15 is 0 Å². The second-order valence-electron chi connectivity index (χ2n) is 2.60. The Kier molecular flexibility index (Phi) is 1.02. The zero-order chi connectivity index (χ0) is 5.40. The zero-order valence-corrected chi connectivity index (χ0v) is 4.80. The third-order valence-electron chi connectivity index (χ3n) is 1.99. The van der Waals surface area contributed by atoms with Gasteiger partial charge < -0.3 is 9.47 Å². The van der Waals surface area contributed by atoms with E-state index in [2.05, 4.69) is 0 Å². The molecule has 0 unspecified atom stereocenters. The van der Waals surface area contributed by atoms with Crippen molar-refractivity contribution in [3.05, 3.63) is 0 Å². The van der Waals surface area contributed by atoms with Crippen molar-refractivity contribution in [2.75, 3.05) is 26.4 Å². The smallest absolute Gasteiger partial charge is 0.0520 e. The van der Waals surface area contributed by atoms with Crippen LogP contribution in [0.5, 0.6) is 0 Å². The first-order chi connectivity index (χ1) is 3.97. The molecule has 0 bridgehead atoms. The molecule has 2 rings (SSSR count). The quantitative estimate of drug-likeness (QED) is 0.450. The first-order valence-corrected chi connectivity index (χ1v) is 3.12. The van der Waals surface area contributed by atoms with Crippen LogP contribution in [0.15, 0.2) is 0 Å². The molecule has 2 heteroatoms. The van der Waals surface area contributed by atoms with Gasteiger partial charge in [0.25, 0.3) is 0 Å². The molecule has 2 heterocycles. The highest BCUT2D eigenvalue weighted by Gasteiger charge is 2.33. The van der Waals surface area contributed by atoms with E-state index in [-0.39, 0.29) is 0 Å². The molecular weight excluding hydrogens is 104 g/mol. The Morgan fingerprint density at radius 3 is 1.50 bits per heavy atom. The molecule has 46 valence electrons. The number of fused-ring (bicyclic) bond motifs is 1. The minimum absolute atomic E-state index is 0.731. The third-order valence-corrected chi connectivity index (χ3v) is 1.99. The Hall–Kier alpha value is -0.0800. The topological polar surface area (TPSA) is 18.5 Å². The molecule has 0 atom stereocenters. The van der Waals surface area contributed by atoms with Crippen LogP contribution in [0.4, 0.5) is 0 Å². The fourth-order valence-corrected chi connectivity index (χ4v) is 1.38. The van der Waals surface area contributed by atoms with Gasteiger partial charge in [-0.05, 0) is 0 Å². The normalized spacial score (nSPS) is 45.0. The summed E-state index contributed by atoms with van der Waals surface area (Å²) in [6.07, 6.45) is 0. The summed E-state index contributed by atoms with van der Waals surface area (Å²) < 4.78 is 10.5. The molecule has 0 N–H and O–H groups in total. The highest BCUT2D eigenvalue weighted by molar-refractivity contribution is 4.78. The molecule has 2 aliphatic heterocycles. The van der Waals surface area contributed by atoms with E-state index in [1.807, 2.05) is 0 Å². The van der Waals surface area contributed by atoms with Crippen molar-refractivity contribution in [1.29, 1.82) is 0 Å². The van der Waals surface area contributed by atoms with Crippen LogP contribution >= 0.6 is 0 Å². The highest BCUT2D eigenvalue weighted by Crippen LogP contribution is 2.26. The number of hydrogen-bond acceptors (Lipinski definition) is 2. The molecule has 2 fully saturated rings. The van der Waals surface area contributed by atoms with Crippen LogP contribution in [-0.4, -0.2) is 26.4 Å². The fraction of sp³-hybridized carbons (Fsp3) is 1.00. The van der Waals surface area contributed by atoms with Crippen molar-refractivity contribution in [2.45, 2.75) is 0 Å². The Balaban J connectivity index is 2.04. The van der Waals surface area contributed by atoms with Gasteiger partial charge in [-0.25, -0.2) is 0 Å². The molecule has 0 spiro atoms. The minimum atomic E-state index is 0.731. The second-order valence-corrected chi connectivity index (χ2v) is 2.60. The minimum Gasteiger partial charge on any atom is -0.381 e. The number of rotatable bonds is 0. The largest absolute Gasteiger partial charge is 0.381 e. The lowest BCUT2D eigenvalue weighted by Crippen LogP contribution is -2.07. The lowest BCUT2D eigenvalue weighted by Gasteiger charge is -1.97. The lowest BCUT2D eigenvalue weighted by molar-refractivity contribution is 0.108. The molecule has 0 amide bonds. The lowest BCUT2D eigenvalue weighted by atomic mass is 10.0. The fourth-order valence-electron chi connectivity index (χ4n) is 1.38. The molecule has 0 radical (unpaired) electrons. The van der Waals surface area contributed by atoms with Crippen LogP contribution < -0.4 is 0 Å². The Morgan fingerprint density at radius 1 is 0.750 bits per heavy atom. The highest BCUT2D eigenvalue weighted by atomic mass is 16.5. The van der Waals surface area contributed by atoms with E-state index in [1.54, 1.807) is 0 Å².